The molecule has 1 aromatic heterocycles. The van der Waals surface area contributed by atoms with Gasteiger partial charge in [0.15, 0.2) is 11.9 Å². The Morgan fingerprint density at radius 3 is 2.75 bits per heavy atom. The third kappa shape index (κ3) is 3.17. The normalized spacial score (nSPS) is 12.0. The molecule has 0 saturated heterocycles. The fourth-order valence-corrected chi connectivity index (χ4v) is 1.75. The summed E-state index contributed by atoms with van der Waals surface area (Å²) in [6.07, 6.45) is -0.618. The maximum atomic E-state index is 12.0. The molecule has 0 spiro atoms. The highest BCUT2D eigenvalue weighted by molar-refractivity contribution is 5.93. The second kappa shape index (κ2) is 5.77. The van der Waals surface area contributed by atoms with Gasteiger partial charge in [0, 0.05) is 6.07 Å². The molecule has 0 unspecified atom stereocenters. The molecule has 2 aromatic rings. The van der Waals surface area contributed by atoms with E-state index in [0.717, 1.165) is 11.1 Å². The lowest BCUT2D eigenvalue weighted by Gasteiger charge is -2.16. The molecule has 0 saturated carbocycles. The van der Waals surface area contributed by atoms with Crippen LogP contribution in [0.5, 0.6) is 5.75 Å². The fraction of sp³-hybridized carbons (Fsp3) is 0.333. The van der Waals surface area contributed by atoms with E-state index >= 15 is 0 Å². The molecule has 2 rings (SSSR count). The van der Waals surface area contributed by atoms with E-state index in [1.54, 1.807) is 19.9 Å². The van der Waals surface area contributed by atoms with Gasteiger partial charge >= 0.3 is 0 Å². The number of benzene rings is 1. The molecule has 1 N–H and O–H groups in total. The second-order valence-electron chi connectivity index (χ2n) is 4.77. The van der Waals surface area contributed by atoms with E-state index in [4.69, 9.17) is 9.26 Å². The van der Waals surface area contributed by atoms with Crippen LogP contribution >= 0.6 is 0 Å². The van der Waals surface area contributed by atoms with E-state index in [0.29, 0.717) is 17.3 Å². The Labute approximate surface area is 117 Å². The zero-order valence-corrected chi connectivity index (χ0v) is 12.1. The first-order valence-corrected chi connectivity index (χ1v) is 6.44. The highest BCUT2D eigenvalue weighted by Crippen LogP contribution is 2.22. The Balaban J connectivity index is 2.02. The van der Waals surface area contributed by atoms with Crippen molar-refractivity contribution in [3.05, 3.63) is 41.2 Å². The minimum Gasteiger partial charge on any atom is -0.481 e. The maximum absolute atomic E-state index is 12.0. The van der Waals surface area contributed by atoms with Crippen LogP contribution in [0.4, 0.5) is 5.82 Å². The number of rotatable bonds is 4. The number of hydrogen-bond acceptors (Lipinski definition) is 4. The van der Waals surface area contributed by atoms with Crippen LogP contribution in [0.15, 0.2) is 28.8 Å². The van der Waals surface area contributed by atoms with Crippen molar-refractivity contribution in [2.75, 3.05) is 5.32 Å². The van der Waals surface area contributed by atoms with Crippen molar-refractivity contribution >= 4 is 11.7 Å². The van der Waals surface area contributed by atoms with E-state index < -0.39 is 6.10 Å². The predicted molar refractivity (Wildman–Crippen MR) is 75.9 cm³/mol. The van der Waals surface area contributed by atoms with Crippen molar-refractivity contribution in [1.29, 1.82) is 0 Å². The molecule has 5 nitrogen and oxygen atoms in total. The summed E-state index contributed by atoms with van der Waals surface area (Å²) in [5, 5.41) is 6.36. The van der Waals surface area contributed by atoms with Crippen molar-refractivity contribution in [2.24, 2.45) is 0 Å². The molecule has 0 radical (unpaired) electrons. The first kappa shape index (κ1) is 14.1. The standard InChI is InChI=1S/C15H18N2O3/c1-9-6-5-7-13(11(9)3)19-12(4)15(18)16-14-8-10(2)20-17-14/h5-8,12H,1-4H3,(H,16,17,18)/t12-/m0/s1. The summed E-state index contributed by atoms with van der Waals surface area (Å²) >= 11 is 0. The van der Waals surface area contributed by atoms with Crippen LogP contribution in [-0.4, -0.2) is 17.2 Å². The molecular weight excluding hydrogens is 256 g/mol. The lowest BCUT2D eigenvalue weighted by atomic mass is 10.1. The van der Waals surface area contributed by atoms with Crippen molar-refractivity contribution < 1.29 is 14.1 Å². The van der Waals surface area contributed by atoms with E-state index in [2.05, 4.69) is 10.5 Å². The zero-order chi connectivity index (χ0) is 14.7. The lowest BCUT2D eigenvalue weighted by molar-refractivity contribution is -0.122. The second-order valence-corrected chi connectivity index (χ2v) is 4.77. The number of nitrogens with one attached hydrogen (secondary N) is 1. The quantitative estimate of drug-likeness (QED) is 0.930. The number of nitrogens with zero attached hydrogens (tertiary/aromatic N) is 1. The van der Waals surface area contributed by atoms with E-state index in [9.17, 15) is 4.79 Å². The van der Waals surface area contributed by atoms with Gasteiger partial charge in [-0.2, -0.15) is 0 Å². The van der Waals surface area contributed by atoms with E-state index in [1.807, 2.05) is 32.0 Å². The summed E-state index contributed by atoms with van der Waals surface area (Å²) < 4.78 is 10.6. The monoisotopic (exact) mass is 274 g/mol. The van der Waals surface area contributed by atoms with Gasteiger partial charge < -0.3 is 14.6 Å². The molecule has 0 bridgehead atoms. The van der Waals surface area contributed by atoms with Gasteiger partial charge in [-0.05, 0) is 44.9 Å². The Bertz CT molecular complexity index is 619. The predicted octanol–water partition coefficient (Wildman–Crippen LogP) is 3.01. The first-order chi connectivity index (χ1) is 9.47. The zero-order valence-electron chi connectivity index (χ0n) is 12.1. The van der Waals surface area contributed by atoms with E-state index in [1.165, 1.54) is 0 Å². The highest BCUT2D eigenvalue weighted by Gasteiger charge is 2.17. The Kier molecular flexibility index (Phi) is 4.08. The molecule has 1 aromatic carbocycles. The van der Waals surface area contributed by atoms with Crippen LogP contribution in [0.25, 0.3) is 0 Å². The summed E-state index contributed by atoms with van der Waals surface area (Å²) in [4.78, 5) is 12.0. The topological polar surface area (TPSA) is 64.4 Å². The van der Waals surface area contributed by atoms with Crippen molar-refractivity contribution in [1.82, 2.24) is 5.16 Å². The Morgan fingerprint density at radius 2 is 2.10 bits per heavy atom. The largest absolute Gasteiger partial charge is 0.481 e. The van der Waals surface area contributed by atoms with Crippen LogP contribution in [0.3, 0.4) is 0 Å². The molecule has 0 aliphatic rings. The van der Waals surface area contributed by atoms with Gasteiger partial charge in [-0.25, -0.2) is 0 Å². The smallest absolute Gasteiger partial charge is 0.266 e. The van der Waals surface area contributed by atoms with Gasteiger partial charge in [0.05, 0.1) is 0 Å². The molecule has 1 atom stereocenters. The average molecular weight is 274 g/mol. The van der Waals surface area contributed by atoms with Gasteiger partial charge in [-0.1, -0.05) is 17.3 Å². The summed E-state index contributed by atoms with van der Waals surface area (Å²) in [6.45, 7) is 7.43. The van der Waals surface area contributed by atoms with Gasteiger partial charge in [0.2, 0.25) is 0 Å². The van der Waals surface area contributed by atoms with Crippen LogP contribution in [0.2, 0.25) is 0 Å². The number of anilines is 1. The third-order valence-electron chi connectivity index (χ3n) is 3.11. The van der Waals surface area contributed by atoms with Crippen LogP contribution in [0, 0.1) is 20.8 Å². The maximum Gasteiger partial charge on any atom is 0.266 e. The SMILES string of the molecule is Cc1cc(NC(=O)[C@H](C)Oc2cccc(C)c2C)no1. The Hall–Kier alpha value is -2.30. The number of ether oxygens (including phenoxy) is 1. The van der Waals surface area contributed by atoms with Crippen molar-refractivity contribution in [2.45, 2.75) is 33.8 Å². The number of carbonyl (C=O) groups excluding carboxylic acids is 1. The lowest BCUT2D eigenvalue weighted by Crippen LogP contribution is -2.30. The van der Waals surface area contributed by atoms with Gasteiger partial charge in [-0.15, -0.1) is 0 Å². The molecule has 0 aliphatic carbocycles. The number of carbonyl (C=O) groups is 1. The molecule has 0 fully saturated rings. The van der Waals surface area contributed by atoms with Crippen LogP contribution < -0.4 is 10.1 Å². The molecule has 106 valence electrons. The third-order valence-corrected chi connectivity index (χ3v) is 3.11. The first-order valence-electron chi connectivity index (χ1n) is 6.44. The number of amides is 1. The molecule has 1 amide bonds. The minimum absolute atomic E-state index is 0.265. The average Bonchev–Trinajstić information content (AvgIpc) is 2.80. The highest BCUT2D eigenvalue weighted by atomic mass is 16.5. The number of hydrogen-bond donors (Lipinski definition) is 1. The van der Waals surface area contributed by atoms with Crippen molar-refractivity contribution in [3.8, 4) is 5.75 Å². The summed E-state index contributed by atoms with van der Waals surface area (Å²) in [7, 11) is 0. The van der Waals surface area contributed by atoms with Gasteiger partial charge in [0.1, 0.15) is 11.5 Å². The molecule has 1 heterocycles. The minimum atomic E-state index is -0.618. The molecular formula is C15H18N2O3. The van der Waals surface area contributed by atoms with Crippen molar-refractivity contribution in [3.63, 3.8) is 0 Å². The van der Waals surface area contributed by atoms with E-state index in [-0.39, 0.29) is 5.91 Å². The number of aryl methyl sites for hydroxylation is 2. The summed E-state index contributed by atoms with van der Waals surface area (Å²) in [6, 6.07) is 7.42. The Morgan fingerprint density at radius 1 is 1.35 bits per heavy atom. The fourth-order valence-electron chi connectivity index (χ4n) is 1.75. The summed E-state index contributed by atoms with van der Waals surface area (Å²) in [5.74, 6) is 1.48. The van der Waals surface area contributed by atoms with Gasteiger partial charge in [0.25, 0.3) is 5.91 Å². The molecule has 20 heavy (non-hydrogen) atoms. The summed E-state index contributed by atoms with van der Waals surface area (Å²) in [5.41, 5.74) is 2.16. The molecule has 0 aliphatic heterocycles. The van der Waals surface area contributed by atoms with Crippen LogP contribution in [-0.2, 0) is 4.79 Å². The van der Waals surface area contributed by atoms with Gasteiger partial charge in [-0.3, -0.25) is 4.79 Å². The molecule has 5 heteroatoms. The number of aromatic nitrogens is 1. The van der Waals surface area contributed by atoms with Crippen LogP contribution in [0.1, 0.15) is 23.8 Å².